The van der Waals surface area contributed by atoms with E-state index < -0.39 is 0 Å². The number of hydrogen-bond acceptors (Lipinski definition) is 3. The molecular formula is C14H22N2O. The van der Waals surface area contributed by atoms with Crippen molar-refractivity contribution in [2.45, 2.75) is 31.8 Å². The van der Waals surface area contributed by atoms with Gasteiger partial charge in [0, 0.05) is 31.4 Å². The molecule has 0 radical (unpaired) electrons. The van der Waals surface area contributed by atoms with Crippen LogP contribution in [0.4, 0.5) is 5.69 Å². The maximum atomic E-state index is 5.86. The third-order valence-electron chi connectivity index (χ3n) is 3.27. The Morgan fingerprint density at radius 1 is 1.35 bits per heavy atom. The summed E-state index contributed by atoms with van der Waals surface area (Å²) in [5.41, 5.74) is 8.34. The van der Waals surface area contributed by atoms with Crippen LogP contribution in [0, 0.1) is 0 Å². The Morgan fingerprint density at radius 3 is 2.47 bits per heavy atom. The summed E-state index contributed by atoms with van der Waals surface area (Å²) in [6, 6.07) is 9.42. The van der Waals surface area contributed by atoms with E-state index in [1.807, 2.05) is 6.92 Å². The van der Waals surface area contributed by atoms with E-state index in [1.165, 1.54) is 24.1 Å². The molecule has 0 bridgehead atoms. The third-order valence-corrected chi connectivity index (χ3v) is 3.27. The minimum absolute atomic E-state index is 0.109. The van der Waals surface area contributed by atoms with Crippen molar-refractivity contribution in [3.8, 4) is 0 Å². The molecule has 3 nitrogen and oxygen atoms in total. The van der Waals surface area contributed by atoms with E-state index in [9.17, 15) is 0 Å². The van der Waals surface area contributed by atoms with Gasteiger partial charge in [0.25, 0.3) is 0 Å². The van der Waals surface area contributed by atoms with Crippen molar-refractivity contribution in [2.24, 2.45) is 5.73 Å². The van der Waals surface area contributed by atoms with E-state index in [1.54, 1.807) is 7.11 Å². The molecule has 0 amide bonds. The first-order valence-corrected chi connectivity index (χ1v) is 6.33. The summed E-state index contributed by atoms with van der Waals surface area (Å²) >= 11 is 0. The SMILES string of the molecule is COCCN(c1ccc(C(C)N)cc1)C1CC1. The summed E-state index contributed by atoms with van der Waals surface area (Å²) < 4.78 is 5.17. The van der Waals surface area contributed by atoms with E-state index in [0.717, 1.165) is 13.2 Å². The van der Waals surface area contributed by atoms with E-state index in [0.29, 0.717) is 6.04 Å². The van der Waals surface area contributed by atoms with Crippen LogP contribution in [-0.2, 0) is 4.74 Å². The largest absolute Gasteiger partial charge is 0.383 e. The number of rotatable bonds is 6. The molecule has 1 aliphatic carbocycles. The maximum Gasteiger partial charge on any atom is 0.0637 e. The quantitative estimate of drug-likeness (QED) is 0.821. The smallest absolute Gasteiger partial charge is 0.0637 e. The molecule has 1 aliphatic rings. The number of methoxy groups -OCH3 is 1. The number of benzene rings is 1. The lowest BCUT2D eigenvalue weighted by atomic mass is 10.1. The second-order valence-corrected chi connectivity index (χ2v) is 4.80. The van der Waals surface area contributed by atoms with Crippen LogP contribution < -0.4 is 10.6 Å². The molecule has 17 heavy (non-hydrogen) atoms. The van der Waals surface area contributed by atoms with Crippen LogP contribution in [0.3, 0.4) is 0 Å². The molecule has 3 heteroatoms. The number of nitrogens with zero attached hydrogens (tertiary/aromatic N) is 1. The maximum absolute atomic E-state index is 5.86. The summed E-state index contributed by atoms with van der Waals surface area (Å²) in [5, 5.41) is 0. The Morgan fingerprint density at radius 2 is 2.00 bits per heavy atom. The van der Waals surface area contributed by atoms with Gasteiger partial charge in [-0.2, -0.15) is 0 Å². The lowest BCUT2D eigenvalue weighted by Gasteiger charge is -2.24. The molecule has 94 valence electrons. The van der Waals surface area contributed by atoms with Gasteiger partial charge in [-0.1, -0.05) is 12.1 Å². The highest BCUT2D eigenvalue weighted by Gasteiger charge is 2.28. The van der Waals surface area contributed by atoms with Gasteiger partial charge in [0.2, 0.25) is 0 Å². The summed E-state index contributed by atoms with van der Waals surface area (Å²) in [6.45, 7) is 3.77. The van der Waals surface area contributed by atoms with Crippen LogP contribution in [-0.4, -0.2) is 26.3 Å². The predicted octanol–water partition coefficient (Wildman–Crippen LogP) is 2.32. The van der Waals surface area contributed by atoms with Crippen LogP contribution in [0.25, 0.3) is 0 Å². The average Bonchev–Trinajstić information content (AvgIpc) is 3.14. The molecule has 1 saturated carbocycles. The van der Waals surface area contributed by atoms with E-state index >= 15 is 0 Å². The molecule has 0 spiro atoms. The molecule has 0 aliphatic heterocycles. The van der Waals surface area contributed by atoms with Crippen molar-refractivity contribution in [2.75, 3.05) is 25.2 Å². The minimum atomic E-state index is 0.109. The van der Waals surface area contributed by atoms with Gasteiger partial charge in [0.1, 0.15) is 0 Å². The number of ether oxygens (including phenoxy) is 1. The highest BCUT2D eigenvalue weighted by atomic mass is 16.5. The first-order valence-electron chi connectivity index (χ1n) is 6.33. The lowest BCUT2D eigenvalue weighted by molar-refractivity contribution is 0.205. The average molecular weight is 234 g/mol. The standard InChI is InChI=1S/C14H22N2O/c1-11(15)12-3-5-13(6-4-12)16(9-10-17-2)14-7-8-14/h3-6,11,14H,7-10,15H2,1-2H3. The molecule has 2 N–H and O–H groups in total. The minimum Gasteiger partial charge on any atom is -0.383 e. The van der Waals surface area contributed by atoms with Crippen molar-refractivity contribution in [3.05, 3.63) is 29.8 Å². The number of anilines is 1. The van der Waals surface area contributed by atoms with E-state index in [-0.39, 0.29) is 6.04 Å². The monoisotopic (exact) mass is 234 g/mol. The van der Waals surface area contributed by atoms with Crippen LogP contribution in [0.15, 0.2) is 24.3 Å². The van der Waals surface area contributed by atoms with E-state index in [2.05, 4.69) is 29.2 Å². The molecule has 2 rings (SSSR count). The van der Waals surface area contributed by atoms with Gasteiger partial charge in [-0.3, -0.25) is 0 Å². The fourth-order valence-electron chi connectivity index (χ4n) is 2.07. The van der Waals surface area contributed by atoms with Crippen molar-refractivity contribution < 1.29 is 4.74 Å². The summed E-state index contributed by atoms with van der Waals surface area (Å²) in [5.74, 6) is 0. The zero-order chi connectivity index (χ0) is 12.3. The Labute approximate surface area is 104 Å². The molecule has 1 fully saturated rings. The fraction of sp³-hybridized carbons (Fsp3) is 0.571. The normalized spacial score (nSPS) is 16.9. The Kier molecular flexibility index (Phi) is 4.02. The second kappa shape index (κ2) is 5.52. The molecule has 0 heterocycles. The van der Waals surface area contributed by atoms with Crippen LogP contribution in [0.2, 0.25) is 0 Å². The topological polar surface area (TPSA) is 38.5 Å². The van der Waals surface area contributed by atoms with Gasteiger partial charge in [0.05, 0.1) is 6.61 Å². The van der Waals surface area contributed by atoms with Crippen LogP contribution in [0.5, 0.6) is 0 Å². The molecule has 0 saturated heterocycles. The zero-order valence-corrected chi connectivity index (χ0v) is 10.7. The Balaban J connectivity index is 2.07. The number of hydrogen-bond donors (Lipinski definition) is 1. The van der Waals surface area contributed by atoms with Gasteiger partial charge in [0.15, 0.2) is 0 Å². The lowest BCUT2D eigenvalue weighted by Crippen LogP contribution is -2.29. The molecule has 0 aromatic heterocycles. The second-order valence-electron chi connectivity index (χ2n) is 4.80. The van der Waals surface area contributed by atoms with Gasteiger partial charge < -0.3 is 15.4 Å². The highest BCUT2D eigenvalue weighted by molar-refractivity contribution is 5.50. The zero-order valence-electron chi connectivity index (χ0n) is 10.7. The molecule has 1 aromatic rings. The summed E-state index contributed by atoms with van der Waals surface area (Å²) in [4.78, 5) is 2.44. The Bertz CT molecular complexity index is 344. The van der Waals surface area contributed by atoms with Crippen molar-refractivity contribution in [1.82, 2.24) is 0 Å². The fourth-order valence-corrected chi connectivity index (χ4v) is 2.07. The molecule has 1 unspecified atom stereocenters. The van der Waals surface area contributed by atoms with Gasteiger partial charge in [-0.05, 0) is 37.5 Å². The van der Waals surface area contributed by atoms with E-state index in [4.69, 9.17) is 10.5 Å². The molecule has 1 atom stereocenters. The molecular weight excluding hydrogens is 212 g/mol. The van der Waals surface area contributed by atoms with Gasteiger partial charge in [-0.15, -0.1) is 0 Å². The summed E-state index contributed by atoms with van der Waals surface area (Å²) in [6.07, 6.45) is 2.61. The van der Waals surface area contributed by atoms with Gasteiger partial charge in [-0.25, -0.2) is 0 Å². The van der Waals surface area contributed by atoms with Crippen molar-refractivity contribution in [3.63, 3.8) is 0 Å². The highest BCUT2D eigenvalue weighted by Crippen LogP contribution is 2.31. The van der Waals surface area contributed by atoms with Crippen molar-refractivity contribution >= 4 is 5.69 Å². The Hall–Kier alpha value is -1.06. The van der Waals surface area contributed by atoms with Crippen LogP contribution in [0.1, 0.15) is 31.4 Å². The first-order chi connectivity index (χ1) is 8.22. The third kappa shape index (κ3) is 3.20. The predicted molar refractivity (Wildman–Crippen MR) is 71.3 cm³/mol. The number of nitrogens with two attached hydrogens (primary N) is 1. The van der Waals surface area contributed by atoms with Crippen molar-refractivity contribution in [1.29, 1.82) is 0 Å². The van der Waals surface area contributed by atoms with Gasteiger partial charge >= 0.3 is 0 Å². The first kappa shape index (κ1) is 12.4. The summed E-state index contributed by atoms with van der Waals surface area (Å²) in [7, 11) is 1.75. The van der Waals surface area contributed by atoms with Crippen LogP contribution >= 0.6 is 0 Å². The molecule has 1 aromatic carbocycles.